The second-order valence-corrected chi connectivity index (χ2v) is 5.77. The molecular weight excluding hydrogens is 282 g/mol. The van der Waals surface area contributed by atoms with Crippen molar-refractivity contribution in [1.29, 1.82) is 0 Å². The molecule has 0 radical (unpaired) electrons. The molecule has 0 fully saturated rings. The molecule has 0 aliphatic rings. The SMILES string of the molecule is CC(C)(C)OC(=O)Nc1nccc2ccc(NCC=O)cc12. The van der Waals surface area contributed by atoms with Crippen LogP contribution < -0.4 is 10.6 Å². The number of amides is 1. The fourth-order valence-corrected chi connectivity index (χ4v) is 1.94. The molecule has 0 atom stereocenters. The Bertz CT molecular complexity index is 693. The second-order valence-electron chi connectivity index (χ2n) is 5.77. The van der Waals surface area contributed by atoms with E-state index in [2.05, 4.69) is 15.6 Å². The summed E-state index contributed by atoms with van der Waals surface area (Å²) in [7, 11) is 0. The monoisotopic (exact) mass is 301 g/mol. The fourth-order valence-electron chi connectivity index (χ4n) is 1.94. The molecule has 6 nitrogen and oxygen atoms in total. The molecule has 0 saturated carbocycles. The minimum atomic E-state index is -0.578. The molecular formula is C16H19N3O3. The molecule has 2 N–H and O–H groups in total. The van der Waals surface area contributed by atoms with Gasteiger partial charge in [-0.15, -0.1) is 0 Å². The van der Waals surface area contributed by atoms with E-state index in [4.69, 9.17) is 4.74 Å². The Morgan fingerprint density at radius 2 is 2.09 bits per heavy atom. The lowest BCUT2D eigenvalue weighted by atomic mass is 10.1. The Hall–Kier alpha value is -2.63. The van der Waals surface area contributed by atoms with Gasteiger partial charge in [-0.2, -0.15) is 0 Å². The van der Waals surface area contributed by atoms with Gasteiger partial charge in [0, 0.05) is 17.3 Å². The van der Waals surface area contributed by atoms with E-state index in [1.807, 2.05) is 24.3 Å². The Labute approximate surface area is 128 Å². The zero-order valence-electron chi connectivity index (χ0n) is 12.8. The number of carbonyl (C=O) groups is 2. The number of aldehydes is 1. The number of ether oxygens (including phenoxy) is 1. The molecule has 116 valence electrons. The van der Waals surface area contributed by atoms with Crippen LogP contribution in [0, 0.1) is 0 Å². The number of fused-ring (bicyclic) bond motifs is 1. The highest BCUT2D eigenvalue weighted by molar-refractivity contribution is 5.99. The lowest BCUT2D eigenvalue weighted by Gasteiger charge is -2.19. The molecule has 0 bridgehead atoms. The molecule has 2 rings (SSSR count). The Balaban J connectivity index is 2.28. The highest BCUT2D eigenvalue weighted by Gasteiger charge is 2.17. The zero-order valence-corrected chi connectivity index (χ0v) is 12.8. The normalized spacial score (nSPS) is 11.0. The van der Waals surface area contributed by atoms with E-state index in [1.165, 1.54) is 0 Å². The van der Waals surface area contributed by atoms with Crippen LogP contribution in [0.1, 0.15) is 20.8 Å². The number of aromatic nitrogens is 1. The standard InChI is InChI=1S/C16H19N3O3/c1-16(2,3)22-15(21)19-14-13-10-12(17-8-9-20)5-4-11(13)6-7-18-14/h4-7,9-10,17H,8H2,1-3H3,(H,18,19,21). The molecule has 0 spiro atoms. The topological polar surface area (TPSA) is 80.3 Å². The first-order valence-electron chi connectivity index (χ1n) is 6.95. The number of hydrogen-bond acceptors (Lipinski definition) is 5. The number of rotatable bonds is 4. The summed E-state index contributed by atoms with van der Waals surface area (Å²) < 4.78 is 5.23. The van der Waals surface area contributed by atoms with E-state index in [0.717, 1.165) is 22.7 Å². The van der Waals surface area contributed by atoms with Gasteiger partial charge in [-0.1, -0.05) is 6.07 Å². The Morgan fingerprint density at radius 1 is 1.32 bits per heavy atom. The van der Waals surface area contributed by atoms with E-state index >= 15 is 0 Å². The molecule has 22 heavy (non-hydrogen) atoms. The smallest absolute Gasteiger partial charge is 0.413 e. The van der Waals surface area contributed by atoms with Crippen LogP contribution in [-0.2, 0) is 9.53 Å². The molecule has 6 heteroatoms. The van der Waals surface area contributed by atoms with Crippen molar-refractivity contribution < 1.29 is 14.3 Å². The van der Waals surface area contributed by atoms with Crippen molar-refractivity contribution >= 4 is 34.7 Å². The first-order valence-corrected chi connectivity index (χ1v) is 6.95. The first kappa shape index (κ1) is 15.8. The average molecular weight is 301 g/mol. The van der Waals surface area contributed by atoms with Crippen molar-refractivity contribution in [2.45, 2.75) is 26.4 Å². The minimum absolute atomic E-state index is 0.223. The van der Waals surface area contributed by atoms with Crippen LogP contribution in [0.25, 0.3) is 10.8 Å². The van der Waals surface area contributed by atoms with Gasteiger partial charge < -0.3 is 14.8 Å². The van der Waals surface area contributed by atoms with Crippen LogP contribution in [0.5, 0.6) is 0 Å². The van der Waals surface area contributed by atoms with Gasteiger partial charge in [-0.3, -0.25) is 5.32 Å². The number of carbonyl (C=O) groups excluding carboxylic acids is 2. The molecule has 0 aliphatic carbocycles. The van der Waals surface area contributed by atoms with Crippen LogP contribution in [0.15, 0.2) is 30.5 Å². The maximum Gasteiger partial charge on any atom is 0.413 e. The first-order chi connectivity index (χ1) is 10.4. The van der Waals surface area contributed by atoms with Gasteiger partial charge in [0.25, 0.3) is 0 Å². The highest BCUT2D eigenvalue weighted by Crippen LogP contribution is 2.25. The van der Waals surface area contributed by atoms with Gasteiger partial charge in [0.05, 0.1) is 6.54 Å². The number of pyridine rings is 1. The summed E-state index contributed by atoms with van der Waals surface area (Å²) in [6.07, 6.45) is 1.85. The van der Waals surface area contributed by atoms with E-state index in [1.54, 1.807) is 27.0 Å². The molecule has 1 aromatic heterocycles. The third-order valence-corrected chi connectivity index (χ3v) is 2.78. The van der Waals surface area contributed by atoms with Crippen molar-refractivity contribution in [3.05, 3.63) is 30.5 Å². The average Bonchev–Trinajstić information content (AvgIpc) is 2.43. The van der Waals surface area contributed by atoms with Crippen molar-refractivity contribution in [1.82, 2.24) is 4.98 Å². The predicted molar refractivity (Wildman–Crippen MR) is 86.2 cm³/mol. The van der Waals surface area contributed by atoms with E-state index in [9.17, 15) is 9.59 Å². The molecule has 0 aliphatic heterocycles. The number of nitrogens with one attached hydrogen (secondary N) is 2. The van der Waals surface area contributed by atoms with Gasteiger partial charge >= 0.3 is 6.09 Å². The van der Waals surface area contributed by atoms with Gasteiger partial charge in [-0.05, 0) is 44.4 Å². The molecule has 2 aromatic rings. The van der Waals surface area contributed by atoms with Crippen LogP contribution in [0.3, 0.4) is 0 Å². The maximum absolute atomic E-state index is 11.9. The van der Waals surface area contributed by atoms with Crippen LogP contribution in [0.4, 0.5) is 16.3 Å². The van der Waals surface area contributed by atoms with Crippen LogP contribution in [0.2, 0.25) is 0 Å². The summed E-state index contributed by atoms with van der Waals surface area (Å²) in [5.41, 5.74) is 0.200. The third-order valence-electron chi connectivity index (χ3n) is 2.78. The number of nitrogens with zero attached hydrogens (tertiary/aromatic N) is 1. The van der Waals surface area contributed by atoms with Crippen molar-refractivity contribution in [3.8, 4) is 0 Å². The molecule has 1 aromatic carbocycles. The molecule has 0 saturated heterocycles. The van der Waals surface area contributed by atoms with Crippen LogP contribution >= 0.6 is 0 Å². The largest absolute Gasteiger partial charge is 0.444 e. The summed E-state index contributed by atoms with van der Waals surface area (Å²) in [6, 6.07) is 7.44. The number of anilines is 2. The van der Waals surface area contributed by atoms with Gasteiger partial charge in [0.2, 0.25) is 0 Å². The summed E-state index contributed by atoms with van der Waals surface area (Å²) >= 11 is 0. The molecule has 1 amide bonds. The molecule has 1 heterocycles. The lowest BCUT2D eigenvalue weighted by molar-refractivity contribution is -0.106. The van der Waals surface area contributed by atoms with Crippen LogP contribution in [-0.4, -0.2) is 29.5 Å². The quantitative estimate of drug-likeness (QED) is 0.848. The Morgan fingerprint density at radius 3 is 2.77 bits per heavy atom. The van der Waals surface area contributed by atoms with Gasteiger partial charge in [0.15, 0.2) is 0 Å². The lowest BCUT2D eigenvalue weighted by Crippen LogP contribution is -2.27. The highest BCUT2D eigenvalue weighted by atomic mass is 16.6. The fraction of sp³-hybridized carbons (Fsp3) is 0.312. The summed E-state index contributed by atoms with van der Waals surface area (Å²) in [5, 5.41) is 7.32. The van der Waals surface area contributed by atoms with Crippen molar-refractivity contribution in [2.24, 2.45) is 0 Å². The van der Waals surface area contributed by atoms with E-state index in [0.29, 0.717) is 5.82 Å². The Kier molecular flexibility index (Phi) is 4.60. The predicted octanol–water partition coefficient (Wildman–Crippen LogP) is 3.19. The van der Waals surface area contributed by atoms with Gasteiger partial charge in [0.1, 0.15) is 17.7 Å². The van der Waals surface area contributed by atoms with Crippen molar-refractivity contribution in [3.63, 3.8) is 0 Å². The third kappa shape index (κ3) is 4.18. The number of hydrogen-bond donors (Lipinski definition) is 2. The zero-order chi connectivity index (χ0) is 16.2. The summed E-state index contributed by atoms with van der Waals surface area (Å²) in [4.78, 5) is 26.5. The summed E-state index contributed by atoms with van der Waals surface area (Å²) in [5.74, 6) is 0.418. The van der Waals surface area contributed by atoms with Crippen molar-refractivity contribution in [2.75, 3.05) is 17.2 Å². The van der Waals surface area contributed by atoms with E-state index in [-0.39, 0.29) is 6.54 Å². The second kappa shape index (κ2) is 6.43. The maximum atomic E-state index is 11.9. The molecule has 0 unspecified atom stereocenters. The minimum Gasteiger partial charge on any atom is -0.444 e. The summed E-state index contributed by atoms with van der Waals surface area (Å²) in [6.45, 7) is 5.61. The van der Waals surface area contributed by atoms with E-state index < -0.39 is 11.7 Å². The number of benzene rings is 1. The van der Waals surface area contributed by atoms with Gasteiger partial charge in [-0.25, -0.2) is 9.78 Å².